The summed E-state index contributed by atoms with van der Waals surface area (Å²) < 4.78 is 38.4. The Kier molecular flexibility index (Phi) is 4.06. The summed E-state index contributed by atoms with van der Waals surface area (Å²) in [5.74, 6) is 0.963. The van der Waals surface area contributed by atoms with Gasteiger partial charge in [0, 0.05) is 25.3 Å². The largest absolute Gasteiger partial charge is 0.416 e. The van der Waals surface area contributed by atoms with Gasteiger partial charge in [-0.25, -0.2) is 4.98 Å². The van der Waals surface area contributed by atoms with Crippen molar-refractivity contribution in [1.82, 2.24) is 10.3 Å². The van der Waals surface area contributed by atoms with Crippen LogP contribution in [0, 0.1) is 5.92 Å². The Balaban J connectivity index is 1.74. The molecule has 0 amide bonds. The second kappa shape index (κ2) is 5.83. The van der Waals surface area contributed by atoms with Crippen LogP contribution in [0.2, 0.25) is 0 Å². The molecule has 2 aliphatic rings. The fraction of sp³-hybridized carbons (Fsp3) is 0.667. The first-order chi connectivity index (χ1) is 10.0. The predicted octanol–water partition coefficient (Wildman–Crippen LogP) is 3.07. The van der Waals surface area contributed by atoms with Gasteiger partial charge in [-0.3, -0.25) is 0 Å². The van der Waals surface area contributed by atoms with Crippen molar-refractivity contribution >= 4 is 5.82 Å². The summed E-state index contributed by atoms with van der Waals surface area (Å²) in [4.78, 5) is 6.15. The molecular weight excluding hydrogens is 279 g/mol. The molecule has 3 nitrogen and oxygen atoms in total. The Morgan fingerprint density at radius 2 is 2.10 bits per heavy atom. The Morgan fingerprint density at radius 1 is 1.24 bits per heavy atom. The van der Waals surface area contributed by atoms with Crippen molar-refractivity contribution in [1.29, 1.82) is 0 Å². The van der Waals surface area contributed by atoms with Gasteiger partial charge in [0.25, 0.3) is 0 Å². The van der Waals surface area contributed by atoms with Crippen LogP contribution in [0.1, 0.15) is 31.2 Å². The van der Waals surface area contributed by atoms with Crippen LogP contribution in [-0.4, -0.2) is 30.7 Å². The summed E-state index contributed by atoms with van der Waals surface area (Å²) >= 11 is 0. The summed E-state index contributed by atoms with van der Waals surface area (Å²) in [7, 11) is 0. The van der Waals surface area contributed by atoms with E-state index in [-0.39, 0.29) is 0 Å². The van der Waals surface area contributed by atoms with Gasteiger partial charge >= 0.3 is 6.18 Å². The number of halogens is 3. The number of hydrogen-bond acceptors (Lipinski definition) is 3. The number of hydrogen-bond donors (Lipinski definition) is 1. The average molecular weight is 299 g/mol. The average Bonchev–Trinajstić information content (AvgIpc) is 3.01. The van der Waals surface area contributed by atoms with E-state index >= 15 is 0 Å². The number of alkyl halides is 3. The third kappa shape index (κ3) is 3.31. The lowest BCUT2D eigenvalue weighted by molar-refractivity contribution is -0.137. The van der Waals surface area contributed by atoms with Gasteiger partial charge in [0.05, 0.1) is 5.56 Å². The van der Waals surface area contributed by atoms with Crippen LogP contribution < -0.4 is 10.2 Å². The van der Waals surface area contributed by atoms with E-state index in [9.17, 15) is 13.2 Å². The van der Waals surface area contributed by atoms with Crippen LogP contribution in [0.4, 0.5) is 19.0 Å². The van der Waals surface area contributed by atoms with E-state index in [1.807, 2.05) is 4.90 Å². The molecule has 116 valence electrons. The first-order valence-electron chi connectivity index (χ1n) is 7.55. The monoisotopic (exact) mass is 299 g/mol. The Labute approximate surface area is 122 Å². The fourth-order valence-electron chi connectivity index (χ4n) is 3.43. The smallest absolute Gasteiger partial charge is 0.356 e. The Morgan fingerprint density at radius 3 is 2.81 bits per heavy atom. The molecule has 0 aromatic carbocycles. The first-order valence-corrected chi connectivity index (χ1v) is 7.55. The molecule has 2 aliphatic heterocycles. The summed E-state index contributed by atoms with van der Waals surface area (Å²) in [6, 6.07) is 2.71. The Hall–Kier alpha value is -1.30. The summed E-state index contributed by atoms with van der Waals surface area (Å²) in [5.41, 5.74) is -0.617. The number of piperidine rings is 1. The second-order valence-corrected chi connectivity index (χ2v) is 5.95. The van der Waals surface area contributed by atoms with E-state index in [1.165, 1.54) is 25.1 Å². The minimum Gasteiger partial charge on any atom is -0.356 e. The highest BCUT2D eigenvalue weighted by atomic mass is 19.4. The molecule has 3 rings (SSSR count). The molecule has 2 atom stereocenters. The fourth-order valence-corrected chi connectivity index (χ4v) is 3.43. The SMILES string of the molecule is FC(F)(F)c1ccnc(N2CCCC(C3CCCN3)C2)c1. The summed E-state index contributed by atoms with van der Waals surface area (Å²) in [5, 5.41) is 3.51. The quantitative estimate of drug-likeness (QED) is 0.909. The molecule has 2 unspecified atom stereocenters. The van der Waals surface area contributed by atoms with Crippen molar-refractivity contribution in [3.05, 3.63) is 23.9 Å². The number of rotatable bonds is 2. The van der Waals surface area contributed by atoms with Crippen LogP contribution in [0.15, 0.2) is 18.3 Å². The standard InChI is InChI=1S/C15H20F3N3/c16-15(17,18)12-5-7-20-14(9-12)21-8-2-3-11(10-21)13-4-1-6-19-13/h5,7,9,11,13,19H,1-4,6,8,10H2. The predicted molar refractivity (Wildman–Crippen MR) is 75.2 cm³/mol. The van der Waals surface area contributed by atoms with Gasteiger partial charge in [0.1, 0.15) is 5.82 Å². The molecule has 0 saturated carbocycles. The first kappa shape index (κ1) is 14.6. The Bertz CT molecular complexity index is 483. The number of anilines is 1. The molecule has 1 N–H and O–H groups in total. The minimum absolute atomic E-state index is 0.451. The summed E-state index contributed by atoms with van der Waals surface area (Å²) in [6.45, 7) is 2.65. The molecule has 0 bridgehead atoms. The van der Waals surface area contributed by atoms with Crippen LogP contribution in [0.3, 0.4) is 0 Å². The van der Waals surface area contributed by atoms with Crippen molar-refractivity contribution < 1.29 is 13.2 Å². The lowest BCUT2D eigenvalue weighted by Gasteiger charge is -2.36. The maximum atomic E-state index is 12.8. The van der Waals surface area contributed by atoms with Gasteiger partial charge in [0.15, 0.2) is 0 Å². The molecule has 0 spiro atoms. The molecule has 3 heterocycles. The lowest BCUT2D eigenvalue weighted by atomic mass is 9.90. The van der Waals surface area contributed by atoms with Gasteiger partial charge < -0.3 is 10.2 Å². The molecule has 1 aromatic heterocycles. The van der Waals surface area contributed by atoms with Gasteiger partial charge in [-0.2, -0.15) is 13.2 Å². The van der Waals surface area contributed by atoms with E-state index in [1.54, 1.807) is 0 Å². The molecule has 6 heteroatoms. The molecule has 2 fully saturated rings. The van der Waals surface area contributed by atoms with Gasteiger partial charge in [-0.05, 0) is 50.3 Å². The third-order valence-corrected chi connectivity index (χ3v) is 4.52. The lowest BCUT2D eigenvalue weighted by Crippen LogP contribution is -2.43. The van der Waals surface area contributed by atoms with Gasteiger partial charge in [-0.15, -0.1) is 0 Å². The van der Waals surface area contributed by atoms with E-state index < -0.39 is 11.7 Å². The van der Waals surface area contributed by atoms with Crippen molar-refractivity contribution in [3.63, 3.8) is 0 Å². The maximum absolute atomic E-state index is 12.8. The van der Waals surface area contributed by atoms with Crippen LogP contribution in [0.5, 0.6) is 0 Å². The van der Waals surface area contributed by atoms with Crippen LogP contribution in [0.25, 0.3) is 0 Å². The number of pyridine rings is 1. The van der Waals surface area contributed by atoms with Crippen molar-refractivity contribution in [2.75, 3.05) is 24.5 Å². The second-order valence-electron chi connectivity index (χ2n) is 5.95. The van der Waals surface area contributed by atoms with Gasteiger partial charge in [-0.1, -0.05) is 0 Å². The molecule has 21 heavy (non-hydrogen) atoms. The number of nitrogens with zero attached hydrogens (tertiary/aromatic N) is 2. The topological polar surface area (TPSA) is 28.2 Å². The van der Waals surface area contributed by atoms with Crippen molar-refractivity contribution in [2.45, 2.75) is 37.9 Å². The molecule has 0 aliphatic carbocycles. The van der Waals surface area contributed by atoms with Crippen LogP contribution in [-0.2, 0) is 6.18 Å². The minimum atomic E-state index is -4.31. The number of aromatic nitrogens is 1. The zero-order valence-electron chi connectivity index (χ0n) is 11.9. The van der Waals surface area contributed by atoms with E-state index in [4.69, 9.17) is 0 Å². The zero-order chi connectivity index (χ0) is 14.9. The number of nitrogens with one attached hydrogen (secondary N) is 1. The zero-order valence-corrected chi connectivity index (χ0v) is 11.9. The highest BCUT2D eigenvalue weighted by Gasteiger charge is 2.33. The van der Waals surface area contributed by atoms with Crippen LogP contribution >= 0.6 is 0 Å². The normalized spacial score (nSPS) is 27.1. The molecule has 1 aromatic rings. The third-order valence-electron chi connectivity index (χ3n) is 4.52. The molecular formula is C15H20F3N3. The molecule has 2 saturated heterocycles. The van der Waals surface area contributed by atoms with E-state index in [2.05, 4.69) is 10.3 Å². The highest BCUT2D eigenvalue weighted by Crippen LogP contribution is 2.32. The van der Waals surface area contributed by atoms with Crippen molar-refractivity contribution in [2.24, 2.45) is 5.92 Å². The highest BCUT2D eigenvalue weighted by molar-refractivity contribution is 5.42. The molecule has 0 radical (unpaired) electrons. The van der Waals surface area contributed by atoms with Gasteiger partial charge in [0.2, 0.25) is 0 Å². The maximum Gasteiger partial charge on any atom is 0.416 e. The van der Waals surface area contributed by atoms with E-state index in [0.717, 1.165) is 38.5 Å². The summed E-state index contributed by atoms with van der Waals surface area (Å²) in [6.07, 6.45) is 1.49. The van der Waals surface area contributed by atoms with Crippen molar-refractivity contribution in [3.8, 4) is 0 Å². The van der Waals surface area contributed by atoms with E-state index in [0.29, 0.717) is 17.8 Å².